The van der Waals surface area contributed by atoms with Gasteiger partial charge in [-0.1, -0.05) is 47.5 Å². The summed E-state index contributed by atoms with van der Waals surface area (Å²) in [6.07, 6.45) is 5.93. The first-order chi connectivity index (χ1) is 17.9. The van der Waals surface area contributed by atoms with Crippen LogP contribution in [0.4, 0.5) is 9.18 Å². The molecule has 1 aliphatic rings. The van der Waals surface area contributed by atoms with Crippen molar-refractivity contribution in [2.24, 2.45) is 0 Å². The van der Waals surface area contributed by atoms with E-state index in [2.05, 4.69) is 21.3 Å². The SMILES string of the molecule is N#Cc1ccc2c3c(n(C(=O)NCc4ccnc(Cl)c4)c2c1)CCN(C/C=C/c1ccc(Cl)cc1F)C3. The molecule has 1 N–H and O–H groups in total. The molecule has 37 heavy (non-hydrogen) atoms. The van der Waals surface area contributed by atoms with Crippen LogP contribution in [0.3, 0.4) is 0 Å². The van der Waals surface area contributed by atoms with E-state index in [0.717, 1.165) is 28.8 Å². The van der Waals surface area contributed by atoms with Crippen LogP contribution >= 0.6 is 23.2 Å². The molecule has 0 atom stereocenters. The molecule has 0 saturated carbocycles. The van der Waals surface area contributed by atoms with E-state index in [-0.39, 0.29) is 11.8 Å². The lowest BCUT2D eigenvalue weighted by atomic mass is 10.0. The molecule has 5 rings (SSSR count). The highest BCUT2D eigenvalue weighted by Crippen LogP contribution is 2.31. The lowest BCUT2D eigenvalue weighted by Gasteiger charge is -2.27. The quantitative estimate of drug-likeness (QED) is 0.310. The highest BCUT2D eigenvalue weighted by Gasteiger charge is 2.26. The van der Waals surface area contributed by atoms with E-state index < -0.39 is 0 Å². The summed E-state index contributed by atoms with van der Waals surface area (Å²) < 4.78 is 15.8. The summed E-state index contributed by atoms with van der Waals surface area (Å²) in [5.41, 5.74) is 4.50. The Morgan fingerprint density at radius 1 is 1.19 bits per heavy atom. The number of pyridine rings is 1. The zero-order valence-corrected chi connectivity index (χ0v) is 21.2. The number of halogens is 3. The molecule has 0 saturated heterocycles. The van der Waals surface area contributed by atoms with E-state index in [4.69, 9.17) is 23.2 Å². The summed E-state index contributed by atoms with van der Waals surface area (Å²) >= 11 is 11.8. The fraction of sp³-hybridized carbons (Fsp3) is 0.179. The van der Waals surface area contributed by atoms with E-state index in [1.54, 1.807) is 53.2 Å². The van der Waals surface area contributed by atoms with Crippen LogP contribution in [0.1, 0.15) is 27.9 Å². The smallest absolute Gasteiger partial charge is 0.326 e. The van der Waals surface area contributed by atoms with Crippen molar-refractivity contribution in [2.75, 3.05) is 13.1 Å². The fourth-order valence-electron chi connectivity index (χ4n) is 4.65. The predicted octanol–water partition coefficient (Wildman–Crippen LogP) is 6.18. The summed E-state index contributed by atoms with van der Waals surface area (Å²) in [4.78, 5) is 19.6. The van der Waals surface area contributed by atoms with Gasteiger partial charge in [-0.25, -0.2) is 14.2 Å². The standard InChI is InChI=1S/C28H22Cl2FN5O/c29-21-5-4-20(24(31)14-21)2-1-10-35-11-8-25-23(17-35)22-6-3-18(15-32)12-26(22)36(25)28(37)34-16-19-7-9-33-27(30)13-19/h1-7,9,12-14H,8,10-11,16-17H2,(H,34,37)/b2-1+. The van der Waals surface area contributed by atoms with Crippen molar-refractivity contribution in [2.45, 2.75) is 19.5 Å². The molecule has 3 heterocycles. The number of nitriles is 1. The number of nitrogens with one attached hydrogen (secondary N) is 1. The van der Waals surface area contributed by atoms with Gasteiger partial charge in [0.15, 0.2) is 0 Å². The average Bonchev–Trinajstić information content (AvgIpc) is 3.21. The molecule has 186 valence electrons. The maximum atomic E-state index is 14.1. The molecule has 2 aromatic carbocycles. The topological polar surface area (TPSA) is 74.0 Å². The van der Waals surface area contributed by atoms with Gasteiger partial charge in [0, 0.05) is 60.5 Å². The van der Waals surface area contributed by atoms with Gasteiger partial charge < -0.3 is 5.32 Å². The molecule has 4 aromatic rings. The first kappa shape index (κ1) is 25.0. The van der Waals surface area contributed by atoms with Crippen molar-refractivity contribution in [3.05, 3.63) is 105 Å². The number of rotatable bonds is 5. The van der Waals surface area contributed by atoms with Crippen LogP contribution in [0.5, 0.6) is 0 Å². The van der Waals surface area contributed by atoms with Crippen LogP contribution in [-0.4, -0.2) is 33.6 Å². The number of hydrogen-bond donors (Lipinski definition) is 1. The Morgan fingerprint density at radius 3 is 2.84 bits per heavy atom. The number of amides is 1. The minimum Gasteiger partial charge on any atom is -0.333 e. The number of nitrogens with zero attached hydrogens (tertiary/aromatic N) is 4. The second-order valence-electron chi connectivity index (χ2n) is 8.80. The Balaban J connectivity index is 1.39. The summed E-state index contributed by atoms with van der Waals surface area (Å²) in [6.45, 7) is 2.28. The summed E-state index contributed by atoms with van der Waals surface area (Å²) in [5.74, 6) is -0.360. The molecule has 0 aliphatic carbocycles. The maximum absolute atomic E-state index is 14.1. The number of fused-ring (bicyclic) bond motifs is 3. The second kappa shape index (κ2) is 10.7. The first-order valence-electron chi connectivity index (χ1n) is 11.7. The van der Waals surface area contributed by atoms with Gasteiger partial charge in [0.05, 0.1) is 17.1 Å². The van der Waals surface area contributed by atoms with Crippen LogP contribution in [0.25, 0.3) is 17.0 Å². The fourth-order valence-corrected chi connectivity index (χ4v) is 5.00. The Kier molecular flexibility index (Phi) is 7.24. The molecule has 2 aromatic heterocycles. The third kappa shape index (κ3) is 5.37. The van der Waals surface area contributed by atoms with Crippen molar-refractivity contribution in [1.29, 1.82) is 5.26 Å². The Bertz CT molecular complexity index is 1570. The number of benzene rings is 2. The molecular weight excluding hydrogens is 512 g/mol. The zero-order valence-electron chi connectivity index (χ0n) is 19.7. The highest BCUT2D eigenvalue weighted by molar-refractivity contribution is 6.30. The van der Waals surface area contributed by atoms with Crippen molar-refractivity contribution < 1.29 is 9.18 Å². The van der Waals surface area contributed by atoms with Gasteiger partial charge >= 0.3 is 6.03 Å². The Hall–Kier alpha value is -3.70. The third-order valence-corrected chi connectivity index (χ3v) is 6.86. The van der Waals surface area contributed by atoms with E-state index in [1.165, 1.54) is 6.07 Å². The minimum absolute atomic E-state index is 0.263. The van der Waals surface area contributed by atoms with Crippen LogP contribution in [0.15, 0.2) is 60.8 Å². The van der Waals surface area contributed by atoms with Crippen LogP contribution in [0, 0.1) is 17.1 Å². The summed E-state index contributed by atoms with van der Waals surface area (Å²) in [6, 6.07) is 15.5. The van der Waals surface area contributed by atoms with Gasteiger partial charge in [-0.15, -0.1) is 0 Å². The first-order valence-corrected chi connectivity index (χ1v) is 12.5. The van der Waals surface area contributed by atoms with Gasteiger partial charge in [0.1, 0.15) is 11.0 Å². The summed E-state index contributed by atoms with van der Waals surface area (Å²) in [5, 5.41) is 14.1. The van der Waals surface area contributed by atoms with E-state index in [0.29, 0.717) is 52.9 Å². The molecule has 6 nitrogen and oxygen atoms in total. The number of carbonyl (C=O) groups excluding carboxylic acids is 1. The number of carbonyl (C=O) groups is 1. The lowest BCUT2D eigenvalue weighted by molar-refractivity contribution is 0.240. The van der Waals surface area contributed by atoms with E-state index >= 15 is 0 Å². The Morgan fingerprint density at radius 2 is 2.05 bits per heavy atom. The van der Waals surface area contributed by atoms with Gasteiger partial charge in [-0.2, -0.15) is 5.26 Å². The van der Waals surface area contributed by atoms with E-state index in [9.17, 15) is 14.4 Å². The zero-order chi connectivity index (χ0) is 25.9. The van der Waals surface area contributed by atoms with Crippen LogP contribution in [0.2, 0.25) is 10.2 Å². The minimum atomic E-state index is -0.360. The van der Waals surface area contributed by atoms with E-state index in [1.807, 2.05) is 12.1 Å². The lowest BCUT2D eigenvalue weighted by Crippen LogP contribution is -2.34. The molecular formula is C28H22Cl2FN5O. The number of hydrogen-bond acceptors (Lipinski definition) is 4. The largest absolute Gasteiger partial charge is 0.333 e. The molecule has 0 unspecified atom stereocenters. The van der Waals surface area contributed by atoms with Crippen LogP contribution < -0.4 is 5.32 Å². The van der Waals surface area contributed by atoms with Crippen molar-refractivity contribution in [3.63, 3.8) is 0 Å². The predicted molar refractivity (Wildman–Crippen MR) is 143 cm³/mol. The molecule has 0 spiro atoms. The number of aromatic nitrogens is 2. The molecule has 0 fully saturated rings. The molecule has 9 heteroatoms. The second-order valence-corrected chi connectivity index (χ2v) is 9.63. The third-order valence-electron chi connectivity index (χ3n) is 6.42. The van der Waals surface area contributed by atoms with Gasteiger partial charge in [0.25, 0.3) is 0 Å². The maximum Gasteiger partial charge on any atom is 0.326 e. The van der Waals surface area contributed by atoms with Gasteiger partial charge in [-0.3, -0.25) is 9.47 Å². The van der Waals surface area contributed by atoms with Crippen molar-refractivity contribution >= 4 is 46.2 Å². The average molecular weight is 534 g/mol. The van der Waals surface area contributed by atoms with Crippen molar-refractivity contribution in [1.82, 2.24) is 19.8 Å². The van der Waals surface area contributed by atoms with Gasteiger partial charge in [-0.05, 0) is 47.5 Å². The molecule has 1 amide bonds. The molecule has 0 bridgehead atoms. The van der Waals surface area contributed by atoms with Crippen molar-refractivity contribution in [3.8, 4) is 6.07 Å². The normalized spacial score (nSPS) is 13.6. The monoisotopic (exact) mass is 533 g/mol. The van der Waals surface area contributed by atoms with Crippen LogP contribution in [-0.2, 0) is 19.5 Å². The molecule has 1 aliphatic heterocycles. The highest BCUT2D eigenvalue weighted by atomic mass is 35.5. The Labute approximate surface area is 223 Å². The summed E-state index contributed by atoms with van der Waals surface area (Å²) in [7, 11) is 0. The molecule has 0 radical (unpaired) electrons. The van der Waals surface area contributed by atoms with Gasteiger partial charge in [0.2, 0.25) is 0 Å².